The number of carboxylic acids is 1. The van der Waals surface area contributed by atoms with Crippen LogP contribution in [0.25, 0.3) is 0 Å². The number of anilines is 1. The first-order chi connectivity index (χ1) is 11.7. The van der Waals surface area contributed by atoms with Crippen molar-refractivity contribution < 1.29 is 31.9 Å². The first-order valence-electron chi connectivity index (χ1n) is 6.73. The Labute approximate surface area is 141 Å². The van der Waals surface area contributed by atoms with Gasteiger partial charge in [-0.05, 0) is 30.3 Å². The number of sulfonamides is 1. The average Bonchev–Trinajstić information content (AvgIpc) is 2.56. The molecule has 25 heavy (non-hydrogen) atoms. The van der Waals surface area contributed by atoms with E-state index in [4.69, 9.17) is 5.11 Å². The summed E-state index contributed by atoms with van der Waals surface area (Å²) < 4.78 is 53.7. The molecule has 0 aliphatic rings. The standard InChI is InChI=1S/C15H12F2N2O5S/c1-18-14(20)8-2-4-9(5-3-8)25(23,24)19-13-7-11(16)10(15(21)22)6-12(13)17/h2-7,19H,1H3,(H,18,20)(H,21,22). The first-order valence-corrected chi connectivity index (χ1v) is 8.21. The highest BCUT2D eigenvalue weighted by Crippen LogP contribution is 2.23. The summed E-state index contributed by atoms with van der Waals surface area (Å²) >= 11 is 0. The number of rotatable bonds is 5. The highest BCUT2D eigenvalue weighted by atomic mass is 32.2. The van der Waals surface area contributed by atoms with Gasteiger partial charge in [0.05, 0.1) is 16.1 Å². The highest BCUT2D eigenvalue weighted by Gasteiger charge is 2.20. The predicted molar refractivity (Wildman–Crippen MR) is 84.0 cm³/mol. The lowest BCUT2D eigenvalue weighted by Crippen LogP contribution is -2.18. The second-order valence-corrected chi connectivity index (χ2v) is 6.51. The Balaban J connectivity index is 2.34. The van der Waals surface area contributed by atoms with Gasteiger partial charge in [-0.15, -0.1) is 0 Å². The molecule has 0 saturated heterocycles. The van der Waals surface area contributed by atoms with Crippen molar-refractivity contribution in [1.29, 1.82) is 0 Å². The third kappa shape index (κ3) is 3.91. The number of carbonyl (C=O) groups is 2. The Kier molecular flexibility index (Phi) is 5.02. The van der Waals surface area contributed by atoms with Crippen LogP contribution in [0.5, 0.6) is 0 Å². The number of carbonyl (C=O) groups excluding carboxylic acids is 1. The molecule has 0 fully saturated rings. The number of carboxylic acid groups (broad SMARTS) is 1. The number of nitrogens with one attached hydrogen (secondary N) is 2. The fourth-order valence-corrected chi connectivity index (χ4v) is 2.98. The van der Waals surface area contributed by atoms with Crippen LogP contribution in [0.1, 0.15) is 20.7 Å². The van der Waals surface area contributed by atoms with E-state index < -0.39 is 44.8 Å². The smallest absolute Gasteiger partial charge is 0.338 e. The fourth-order valence-electron chi connectivity index (χ4n) is 1.92. The minimum Gasteiger partial charge on any atom is -0.478 e. The minimum absolute atomic E-state index is 0.212. The van der Waals surface area contributed by atoms with Crippen molar-refractivity contribution in [1.82, 2.24) is 5.32 Å². The van der Waals surface area contributed by atoms with E-state index in [1.165, 1.54) is 19.2 Å². The lowest BCUT2D eigenvalue weighted by Gasteiger charge is -2.10. The maximum absolute atomic E-state index is 13.8. The number of aromatic carboxylic acids is 1. The summed E-state index contributed by atoms with van der Waals surface area (Å²) in [5.74, 6) is -4.64. The van der Waals surface area contributed by atoms with Crippen molar-refractivity contribution in [2.45, 2.75) is 4.90 Å². The number of amides is 1. The van der Waals surface area contributed by atoms with Crippen molar-refractivity contribution in [3.8, 4) is 0 Å². The van der Waals surface area contributed by atoms with Crippen molar-refractivity contribution in [3.63, 3.8) is 0 Å². The van der Waals surface area contributed by atoms with Crippen LogP contribution in [-0.2, 0) is 10.0 Å². The number of benzene rings is 2. The van der Waals surface area contributed by atoms with Gasteiger partial charge in [0.1, 0.15) is 11.6 Å². The lowest BCUT2D eigenvalue weighted by atomic mass is 10.2. The number of halogens is 2. The molecule has 0 heterocycles. The molecule has 0 radical (unpaired) electrons. The van der Waals surface area contributed by atoms with Gasteiger partial charge >= 0.3 is 5.97 Å². The van der Waals surface area contributed by atoms with Crippen LogP contribution in [0.3, 0.4) is 0 Å². The highest BCUT2D eigenvalue weighted by molar-refractivity contribution is 7.92. The van der Waals surface area contributed by atoms with Gasteiger partial charge in [-0.25, -0.2) is 22.0 Å². The summed E-state index contributed by atoms with van der Waals surface area (Å²) in [6.07, 6.45) is 0. The van der Waals surface area contributed by atoms with Gasteiger partial charge in [-0.2, -0.15) is 0 Å². The van der Waals surface area contributed by atoms with Crippen LogP contribution in [0, 0.1) is 11.6 Å². The van der Waals surface area contributed by atoms with Gasteiger partial charge in [0.15, 0.2) is 0 Å². The molecule has 3 N–H and O–H groups in total. The SMILES string of the molecule is CNC(=O)c1ccc(S(=O)(=O)Nc2cc(F)c(C(=O)O)cc2F)cc1. The molecule has 0 spiro atoms. The lowest BCUT2D eigenvalue weighted by molar-refractivity contribution is 0.0691. The molecule has 0 bridgehead atoms. The van der Waals surface area contributed by atoms with E-state index in [0.29, 0.717) is 12.1 Å². The summed E-state index contributed by atoms with van der Waals surface area (Å²) in [6, 6.07) is 5.55. The molecule has 7 nitrogen and oxygen atoms in total. The molecule has 0 aromatic heterocycles. The van der Waals surface area contributed by atoms with Gasteiger partial charge in [-0.1, -0.05) is 0 Å². The summed E-state index contributed by atoms with van der Waals surface area (Å²) in [5.41, 5.74) is -1.45. The molecule has 0 atom stereocenters. The molecule has 0 aliphatic heterocycles. The van der Waals surface area contributed by atoms with Crippen LogP contribution in [0.15, 0.2) is 41.3 Å². The van der Waals surface area contributed by atoms with Crippen molar-refractivity contribution in [2.75, 3.05) is 11.8 Å². The predicted octanol–water partition coefficient (Wildman–Crippen LogP) is 1.82. The van der Waals surface area contributed by atoms with Crippen LogP contribution < -0.4 is 10.0 Å². The molecule has 10 heteroatoms. The normalized spacial score (nSPS) is 11.0. The van der Waals surface area contributed by atoms with E-state index in [-0.39, 0.29) is 10.5 Å². The summed E-state index contributed by atoms with van der Waals surface area (Å²) in [7, 11) is -2.86. The molecule has 2 aromatic rings. The molecule has 2 aromatic carbocycles. The third-order valence-electron chi connectivity index (χ3n) is 3.19. The molecule has 0 unspecified atom stereocenters. The van der Waals surface area contributed by atoms with Crippen LogP contribution in [0.4, 0.5) is 14.5 Å². The molecule has 132 valence electrons. The van der Waals surface area contributed by atoms with Gasteiger partial charge in [0.2, 0.25) is 0 Å². The van der Waals surface area contributed by atoms with E-state index >= 15 is 0 Å². The van der Waals surface area contributed by atoms with E-state index in [1.807, 2.05) is 4.72 Å². The summed E-state index contributed by atoms with van der Waals surface area (Å²) in [4.78, 5) is 21.9. The summed E-state index contributed by atoms with van der Waals surface area (Å²) in [5, 5.41) is 11.1. The Morgan fingerprint density at radius 1 is 1.04 bits per heavy atom. The van der Waals surface area contributed by atoms with Gasteiger partial charge in [0.25, 0.3) is 15.9 Å². The molecular formula is C15H12F2N2O5S. The van der Waals surface area contributed by atoms with E-state index in [2.05, 4.69) is 5.32 Å². The van der Waals surface area contributed by atoms with E-state index in [9.17, 15) is 26.8 Å². The zero-order valence-corrected chi connectivity index (χ0v) is 13.5. The third-order valence-corrected chi connectivity index (χ3v) is 4.57. The second-order valence-electron chi connectivity index (χ2n) is 4.83. The molecular weight excluding hydrogens is 358 g/mol. The van der Waals surface area contributed by atoms with E-state index in [0.717, 1.165) is 12.1 Å². The molecule has 2 rings (SSSR count). The fraction of sp³-hybridized carbons (Fsp3) is 0.0667. The quantitative estimate of drug-likeness (QED) is 0.743. The second kappa shape index (κ2) is 6.85. The largest absolute Gasteiger partial charge is 0.478 e. The maximum atomic E-state index is 13.8. The number of hydrogen-bond acceptors (Lipinski definition) is 4. The zero-order chi connectivity index (χ0) is 18.8. The van der Waals surface area contributed by atoms with Crippen molar-refractivity contribution in [2.24, 2.45) is 0 Å². The van der Waals surface area contributed by atoms with Gasteiger partial charge < -0.3 is 10.4 Å². The molecule has 0 aliphatic carbocycles. The van der Waals surface area contributed by atoms with Gasteiger partial charge in [-0.3, -0.25) is 9.52 Å². The maximum Gasteiger partial charge on any atom is 0.338 e. The van der Waals surface area contributed by atoms with Crippen molar-refractivity contribution in [3.05, 3.63) is 59.2 Å². The average molecular weight is 370 g/mol. The van der Waals surface area contributed by atoms with Gasteiger partial charge in [0, 0.05) is 18.7 Å². The topological polar surface area (TPSA) is 113 Å². The van der Waals surface area contributed by atoms with Crippen LogP contribution in [0.2, 0.25) is 0 Å². The first kappa shape index (κ1) is 18.3. The number of hydrogen-bond donors (Lipinski definition) is 3. The molecule has 0 saturated carbocycles. The molecule has 1 amide bonds. The monoisotopic (exact) mass is 370 g/mol. The van der Waals surface area contributed by atoms with Crippen molar-refractivity contribution >= 4 is 27.6 Å². The Morgan fingerprint density at radius 3 is 2.16 bits per heavy atom. The Hall–Kier alpha value is -3.01. The van der Waals surface area contributed by atoms with E-state index in [1.54, 1.807) is 0 Å². The Bertz CT molecular complexity index is 943. The van der Waals surface area contributed by atoms with Crippen LogP contribution in [-0.4, -0.2) is 32.4 Å². The zero-order valence-electron chi connectivity index (χ0n) is 12.7. The van der Waals surface area contributed by atoms with Crippen LogP contribution >= 0.6 is 0 Å². The minimum atomic E-state index is -4.27. The Morgan fingerprint density at radius 2 is 1.64 bits per heavy atom. The summed E-state index contributed by atoms with van der Waals surface area (Å²) in [6.45, 7) is 0.